The zero-order valence-electron chi connectivity index (χ0n) is 11.7. The molecule has 0 fully saturated rings. The predicted molar refractivity (Wildman–Crippen MR) is 87.9 cm³/mol. The van der Waals surface area contributed by atoms with E-state index in [9.17, 15) is 4.79 Å². The van der Waals surface area contributed by atoms with Crippen LogP contribution in [-0.4, -0.2) is 5.91 Å². The van der Waals surface area contributed by atoms with Gasteiger partial charge in [-0.2, -0.15) is 0 Å². The third kappa shape index (κ3) is 4.65. The van der Waals surface area contributed by atoms with E-state index in [2.05, 4.69) is 5.32 Å². The van der Waals surface area contributed by atoms with Gasteiger partial charge >= 0.3 is 0 Å². The molecule has 2 aromatic carbocycles. The molecule has 0 unspecified atom stereocenters. The first-order valence-corrected chi connectivity index (χ1v) is 7.02. The zero-order chi connectivity index (χ0) is 15.2. The SMILES string of the molecule is C[C@H](NC(=O)/C=C/c1ccc(N)cc1)c1ccc(Cl)cc1. The second kappa shape index (κ2) is 6.95. The quantitative estimate of drug-likeness (QED) is 0.666. The standard InChI is InChI=1S/C17H17ClN2O/c1-12(14-5-7-15(18)8-6-14)20-17(21)11-4-13-2-9-16(19)10-3-13/h2-12H,19H2,1H3,(H,20,21)/b11-4+/t12-/m0/s1. The van der Waals surface area contributed by atoms with Crippen LogP contribution in [0.4, 0.5) is 5.69 Å². The number of nitrogen functional groups attached to an aromatic ring is 1. The molecule has 0 aromatic heterocycles. The van der Waals surface area contributed by atoms with E-state index in [4.69, 9.17) is 17.3 Å². The minimum Gasteiger partial charge on any atom is -0.399 e. The van der Waals surface area contributed by atoms with Crippen molar-refractivity contribution in [3.8, 4) is 0 Å². The average Bonchev–Trinajstić information content (AvgIpc) is 2.47. The van der Waals surface area contributed by atoms with Crippen molar-refractivity contribution in [2.75, 3.05) is 5.73 Å². The van der Waals surface area contributed by atoms with Gasteiger partial charge in [0.15, 0.2) is 0 Å². The molecule has 0 radical (unpaired) electrons. The van der Waals surface area contributed by atoms with Crippen LogP contribution in [-0.2, 0) is 4.79 Å². The van der Waals surface area contributed by atoms with E-state index in [1.165, 1.54) is 6.08 Å². The van der Waals surface area contributed by atoms with Crippen LogP contribution < -0.4 is 11.1 Å². The van der Waals surface area contributed by atoms with Crippen LogP contribution in [0.5, 0.6) is 0 Å². The molecule has 2 rings (SSSR count). The molecule has 0 saturated carbocycles. The van der Waals surface area contributed by atoms with Crippen molar-refractivity contribution in [1.29, 1.82) is 0 Å². The molecule has 0 aliphatic heterocycles. The van der Waals surface area contributed by atoms with Gasteiger partial charge in [-0.3, -0.25) is 4.79 Å². The zero-order valence-corrected chi connectivity index (χ0v) is 12.5. The van der Waals surface area contributed by atoms with E-state index in [-0.39, 0.29) is 11.9 Å². The molecule has 1 amide bonds. The minimum atomic E-state index is -0.144. The maximum Gasteiger partial charge on any atom is 0.244 e. The Morgan fingerprint density at radius 3 is 2.38 bits per heavy atom. The van der Waals surface area contributed by atoms with Crippen LogP contribution in [0.2, 0.25) is 5.02 Å². The lowest BCUT2D eigenvalue weighted by Crippen LogP contribution is -2.24. The van der Waals surface area contributed by atoms with Gasteiger partial charge in [0.1, 0.15) is 0 Å². The molecule has 21 heavy (non-hydrogen) atoms. The Morgan fingerprint density at radius 2 is 1.76 bits per heavy atom. The molecule has 0 heterocycles. The highest BCUT2D eigenvalue weighted by Gasteiger charge is 2.07. The number of anilines is 1. The third-order valence-corrected chi connectivity index (χ3v) is 3.34. The summed E-state index contributed by atoms with van der Waals surface area (Å²) < 4.78 is 0. The minimum absolute atomic E-state index is 0.0779. The number of carbonyl (C=O) groups is 1. The Balaban J connectivity index is 1.94. The monoisotopic (exact) mass is 300 g/mol. The summed E-state index contributed by atoms with van der Waals surface area (Å²) in [7, 11) is 0. The largest absolute Gasteiger partial charge is 0.399 e. The number of hydrogen-bond acceptors (Lipinski definition) is 2. The fraction of sp³-hybridized carbons (Fsp3) is 0.118. The van der Waals surface area contributed by atoms with E-state index < -0.39 is 0 Å². The van der Waals surface area contributed by atoms with Crippen molar-refractivity contribution >= 4 is 29.3 Å². The van der Waals surface area contributed by atoms with Gasteiger partial charge in [0.25, 0.3) is 0 Å². The van der Waals surface area contributed by atoms with E-state index in [1.807, 2.05) is 43.3 Å². The molecule has 4 heteroatoms. The molecular weight excluding hydrogens is 284 g/mol. The molecule has 0 aliphatic rings. The number of hydrogen-bond donors (Lipinski definition) is 2. The first-order chi connectivity index (χ1) is 10.0. The summed E-state index contributed by atoms with van der Waals surface area (Å²) in [5.74, 6) is -0.144. The lowest BCUT2D eigenvalue weighted by molar-refractivity contribution is -0.117. The fourth-order valence-electron chi connectivity index (χ4n) is 1.88. The molecule has 108 valence electrons. The Kier molecular flexibility index (Phi) is 5.01. The van der Waals surface area contributed by atoms with E-state index in [0.29, 0.717) is 10.7 Å². The summed E-state index contributed by atoms with van der Waals surface area (Å²) >= 11 is 5.84. The van der Waals surface area contributed by atoms with Gasteiger partial charge in [0.05, 0.1) is 6.04 Å². The predicted octanol–water partition coefficient (Wildman–Crippen LogP) is 3.81. The van der Waals surface area contributed by atoms with Gasteiger partial charge in [0, 0.05) is 16.8 Å². The number of carbonyl (C=O) groups excluding carboxylic acids is 1. The summed E-state index contributed by atoms with van der Waals surface area (Å²) in [5, 5.41) is 3.58. The maximum atomic E-state index is 11.9. The van der Waals surface area contributed by atoms with Gasteiger partial charge in [-0.25, -0.2) is 0 Å². The topological polar surface area (TPSA) is 55.1 Å². The summed E-state index contributed by atoms with van der Waals surface area (Å²) in [6.45, 7) is 1.93. The summed E-state index contributed by atoms with van der Waals surface area (Å²) in [6.07, 6.45) is 3.27. The normalized spacial score (nSPS) is 12.3. The van der Waals surface area contributed by atoms with Gasteiger partial charge in [-0.1, -0.05) is 35.9 Å². The number of benzene rings is 2. The third-order valence-electron chi connectivity index (χ3n) is 3.09. The van der Waals surface area contributed by atoms with Gasteiger partial charge in [-0.05, 0) is 48.4 Å². The van der Waals surface area contributed by atoms with Crippen molar-refractivity contribution in [3.05, 3.63) is 70.8 Å². The molecule has 3 nitrogen and oxygen atoms in total. The van der Waals surface area contributed by atoms with Crippen LogP contribution >= 0.6 is 11.6 Å². The summed E-state index contributed by atoms with van der Waals surface area (Å²) in [4.78, 5) is 11.9. The van der Waals surface area contributed by atoms with E-state index >= 15 is 0 Å². The van der Waals surface area contributed by atoms with E-state index in [1.54, 1.807) is 18.2 Å². The number of nitrogens with one attached hydrogen (secondary N) is 1. The average molecular weight is 301 g/mol. The van der Waals surface area contributed by atoms with Crippen LogP contribution in [0, 0.1) is 0 Å². The number of halogens is 1. The Bertz CT molecular complexity index is 633. The van der Waals surface area contributed by atoms with Gasteiger partial charge in [0.2, 0.25) is 5.91 Å². The Hall–Kier alpha value is -2.26. The van der Waals surface area contributed by atoms with Crippen LogP contribution in [0.15, 0.2) is 54.6 Å². The first-order valence-electron chi connectivity index (χ1n) is 6.64. The molecular formula is C17H17ClN2O. The molecule has 0 spiro atoms. The lowest BCUT2D eigenvalue weighted by atomic mass is 10.1. The molecule has 0 saturated heterocycles. The molecule has 1 atom stereocenters. The van der Waals surface area contributed by atoms with Crippen molar-refractivity contribution in [2.45, 2.75) is 13.0 Å². The van der Waals surface area contributed by atoms with Crippen molar-refractivity contribution in [1.82, 2.24) is 5.32 Å². The van der Waals surface area contributed by atoms with Crippen LogP contribution in [0.3, 0.4) is 0 Å². The molecule has 0 bridgehead atoms. The number of nitrogens with two attached hydrogens (primary N) is 1. The molecule has 0 aliphatic carbocycles. The van der Waals surface area contributed by atoms with Crippen LogP contribution in [0.25, 0.3) is 6.08 Å². The highest BCUT2D eigenvalue weighted by Crippen LogP contribution is 2.16. The van der Waals surface area contributed by atoms with Crippen molar-refractivity contribution in [3.63, 3.8) is 0 Å². The summed E-state index contributed by atoms with van der Waals surface area (Å²) in [6, 6.07) is 14.7. The second-order valence-corrected chi connectivity index (χ2v) is 5.22. The molecule has 3 N–H and O–H groups in total. The maximum absolute atomic E-state index is 11.9. The Labute approximate surface area is 129 Å². The van der Waals surface area contributed by atoms with Crippen molar-refractivity contribution in [2.24, 2.45) is 0 Å². The molecule has 2 aromatic rings. The van der Waals surface area contributed by atoms with Crippen molar-refractivity contribution < 1.29 is 4.79 Å². The lowest BCUT2D eigenvalue weighted by Gasteiger charge is -2.12. The highest BCUT2D eigenvalue weighted by atomic mass is 35.5. The summed E-state index contributed by atoms with van der Waals surface area (Å²) in [5.41, 5.74) is 8.25. The van der Waals surface area contributed by atoms with Gasteiger partial charge < -0.3 is 11.1 Å². The Morgan fingerprint density at radius 1 is 1.14 bits per heavy atom. The number of amides is 1. The first kappa shape index (κ1) is 15.1. The fourth-order valence-corrected chi connectivity index (χ4v) is 2.00. The smallest absolute Gasteiger partial charge is 0.244 e. The highest BCUT2D eigenvalue weighted by molar-refractivity contribution is 6.30. The van der Waals surface area contributed by atoms with Crippen LogP contribution in [0.1, 0.15) is 24.1 Å². The number of rotatable bonds is 4. The second-order valence-electron chi connectivity index (χ2n) is 4.78. The van der Waals surface area contributed by atoms with E-state index in [0.717, 1.165) is 11.1 Å². The van der Waals surface area contributed by atoms with Gasteiger partial charge in [-0.15, -0.1) is 0 Å².